The van der Waals surface area contributed by atoms with E-state index in [-0.39, 0.29) is 0 Å². The molecule has 0 N–H and O–H groups in total. The maximum atomic E-state index is 2.32. The van der Waals surface area contributed by atoms with Crippen molar-refractivity contribution < 1.29 is 0 Å². The summed E-state index contributed by atoms with van der Waals surface area (Å²) in [6.07, 6.45) is 6.78. The molecule has 0 radical (unpaired) electrons. The summed E-state index contributed by atoms with van der Waals surface area (Å²) < 4.78 is 0. The Bertz CT molecular complexity index is 525. The fraction of sp³-hybridized carbons (Fsp3) is 0.263. The van der Waals surface area contributed by atoms with Gasteiger partial charge in [-0.1, -0.05) is 61.4 Å². The highest BCUT2D eigenvalue weighted by molar-refractivity contribution is 5.57. The number of anilines is 1. The van der Waals surface area contributed by atoms with Gasteiger partial charge >= 0.3 is 0 Å². The van der Waals surface area contributed by atoms with Crippen LogP contribution in [0.2, 0.25) is 0 Å². The van der Waals surface area contributed by atoms with Crippen LogP contribution in [0.5, 0.6) is 0 Å². The first-order valence-corrected chi connectivity index (χ1v) is 7.36. The molecule has 2 aromatic rings. The molecular weight excluding hydrogens is 242 g/mol. The predicted molar refractivity (Wildman–Crippen MR) is 88.9 cm³/mol. The molecule has 0 atom stereocenters. The zero-order valence-corrected chi connectivity index (χ0v) is 12.4. The van der Waals surface area contributed by atoms with E-state index < -0.39 is 0 Å². The van der Waals surface area contributed by atoms with Crippen LogP contribution in [0.4, 0.5) is 5.69 Å². The molecule has 1 heteroatoms. The van der Waals surface area contributed by atoms with Crippen molar-refractivity contribution in [1.29, 1.82) is 0 Å². The average molecular weight is 265 g/mol. The van der Waals surface area contributed by atoms with Crippen LogP contribution in [0.1, 0.15) is 30.9 Å². The molecule has 0 saturated heterocycles. The van der Waals surface area contributed by atoms with Crippen LogP contribution in [0, 0.1) is 6.92 Å². The van der Waals surface area contributed by atoms with E-state index in [2.05, 4.69) is 85.6 Å². The van der Waals surface area contributed by atoms with Gasteiger partial charge < -0.3 is 4.90 Å². The molecule has 0 bridgehead atoms. The molecule has 0 aliphatic carbocycles. The van der Waals surface area contributed by atoms with Crippen molar-refractivity contribution in [1.82, 2.24) is 0 Å². The van der Waals surface area contributed by atoms with E-state index >= 15 is 0 Å². The van der Waals surface area contributed by atoms with Gasteiger partial charge in [-0.2, -0.15) is 0 Å². The topological polar surface area (TPSA) is 3.24 Å². The van der Waals surface area contributed by atoms with Crippen molar-refractivity contribution in [3.63, 3.8) is 0 Å². The number of para-hydroxylation sites is 1. The van der Waals surface area contributed by atoms with Gasteiger partial charge in [-0.15, -0.1) is 0 Å². The SMILES string of the molecule is CCCCN(/C=C\c1ccc(C)cc1)c1ccccc1. The maximum Gasteiger partial charge on any atom is 0.0406 e. The lowest BCUT2D eigenvalue weighted by atomic mass is 10.1. The Morgan fingerprint density at radius 2 is 1.65 bits per heavy atom. The molecule has 0 aliphatic rings. The molecule has 104 valence electrons. The molecule has 0 heterocycles. The lowest BCUT2D eigenvalue weighted by molar-refractivity contribution is 0.783. The third kappa shape index (κ3) is 4.27. The van der Waals surface area contributed by atoms with E-state index in [1.807, 2.05) is 0 Å². The van der Waals surface area contributed by atoms with Crippen molar-refractivity contribution >= 4 is 11.8 Å². The number of aryl methyl sites for hydroxylation is 1. The highest BCUT2D eigenvalue weighted by Crippen LogP contribution is 2.16. The number of unbranched alkanes of at least 4 members (excludes halogenated alkanes) is 1. The highest BCUT2D eigenvalue weighted by atomic mass is 15.1. The number of benzene rings is 2. The van der Waals surface area contributed by atoms with Gasteiger partial charge in [0.05, 0.1) is 0 Å². The van der Waals surface area contributed by atoms with Crippen LogP contribution >= 0.6 is 0 Å². The van der Waals surface area contributed by atoms with Crippen LogP contribution < -0.4 is 4.90 Å². The van der Waals surface area contributed by atoms with Gasteiger partial charge in [0.15, 0.2) is 0 Å². The number of rotatable bonds is 6. The summed E-state index contributed by atoms with van der Waals surface area (Å²) in [6.45, 7) is 5.40. The van der Waals surface area contributed by atoms with Crippen molar-refractivity contribution in [2.75, 3.05) is 11.4 Å². The fourth-order valence-corrected chi connectivity index (χ4v) is 2.09. The largest absolute Gasteiger partial charge is 0.348 e. The van der Waals surface area contributed by atoms with E-state index in [0.29, 0.717) is 0 Å². The monoisotopic (exact) mass is 265 g/mol. The van der Waals surface area contributed by atoms with Gasteiger partial charge in [-0.05, 0) is 37.1 Å². The first-order chi connectivity index (χ1) is 9.79. The minimum Gasteiger partial charge on any atom is -0.348 e. The van der Waals surface area contributed by atoms with Gasteiger partial charge in [-0.25, -0.2) is 0 Å². The third-order valence-electron chi connectivity index (χ3n) is 3.36. The molecule has 0 fully saturated rings. The van der Waals surface area contributed by atoms with E-state index in [9.17, 15) is 0 Å². The predicted octanol–water partition coefficient (Wildman–Crippen LogP) is 5.27. The van der Waals surface area contributed by atoms with Crippen LogP contribution in [0.15, 0.2) is 60.8 Å². The fourth-order valence-electron chi connectivity index (χ4n) is 2.09. The van der Waals surface area contributed by atoms with Crippen molar-refractivity contribution in [2.45, 2.75) is 26.7 Å². The van der Waals surface area contributed by atoms with Crippen LogP contribution in [-0.2, 0) is 0 Å². The van der Waals surface area contributed by atoms with Crippen LogP contribution in [0.25, 0.3) is 6.08 Å². The number of nitrogens with zero attached hydrogens (tertiary/aromatic N) is 1. The summed E-state index contributed by atoms with van der Waals surface area (Å²) in [5.74, 6) is 0. The normalized spacial score (nSPS) is 10.9. The molecule has 0 aliphatic heterocycles. The van der Waals surface area contributed by atoms with Gasteiger partial charge in [-0.3, -0.25) is 0 Å². The second kappa shape index (κ2) is 7.54. The zero-order chi connectivity index (χ0) is 14.2. The van der Waals surface area contributed by atoms with Crippen LogP contribution in [0.3, 0.4) is 0 Å². The minimum absolute atomic E-state index is 1.06. The Morgan fingerprint density at radius 3 is 2.30 bits per heavy atom. The molecule has 0 spiro atoms. The number of hydrogen-bond acceptors (Lipinski definition) is 1. The molecular formula is C19H23N. The summed E-state index contributed by atoms with van der Waals surface area (Å²) in [4.78, 5) is 2.32. The van der Waals surface area contributed by atoms with Crippen molar-refractivity contribution in [3.8, 4) is 0 Å². The summed E-state index contributed by atoms with van der Waals surface area (Å²) in [5, 5.41) is 0. The lowest BCUT2D eigenvalue weighted by Gasteiger charge is -2.20. The molecule has 2 rings (SSSR count). The van der Waals surface area contributed by atoms with E-state index in [4.69, 9.17) is 0 Å². The Morgan fingerprint density at radius 1 is 0.950 bits per heavy atom. The third-order valence-corrected chi connectivity index (χ3v) is 3.36. The van der Waals surface area contributed by atoms with Crippen molar-refractivity contribution in [2.24, 2.45) is 0 Å². The van der Waals surface area contributed by atoms with E-state index in [1.54, 1.807) is 0 Å². The average Bonchev–Trinajstić information content (AvgIpc) is 2.50. The van der Waals surface area contributed by atoms with E-state index in [1.165, 1.54) is 29.7 Å². The standard InChI is InChI=1S/C19H23N/c1-3-4-15-20(19-8-6-5-7-9-19)16-14-18-12-10-17(2)11-13-18/h5-14,16H,3-4,15H2,1-2H3/b16-14-. The Balaban J connectivity index is 2.13. The minimum atomic E-state index is 1.06. The summed E-state index contributed by atoms with van der Waals surface area (Å²) in [7, 11) is 0. The first kappa shape index (κ1) is 14.4. The van der Waals surface area contributed by atoms with Gasteiger partial charge in [0.2, 0.25) is 0 Å². The lowest BCUT2D eigenvalue weighted by Crippen LogP contribution is -2.16. The van der Waals surface area contributed by atoms with Crippen molar-refractivity contribution in [3.05, 3.63) is 71.9 Å². The van der Waals surface area contributed by atoms with Gasteiger partial charge in [0.1, 0.15) is 0 Å². The molecule has 0 aromatic heterocycles. The summed E-state index contributed by atoms with van der Waals surface area (Å²) >= 11 is 0. The molecule has 1 nitrogen and oxygen atoms in total. The molecule has 0 amide bonds. The Hall–Kier alpha value is -2.02. The highest BCUT2D eigenvalue weighted by Gasteiger charge is 2.01. The summed E-state index contributed by atoms with van der Waals surface area (Å²) in [5.41, 5.74) is 3.80. The second-order valence-electron chi connectivity index (χ2n) is 5.11. The molecule has 0 unspecified atom stereocenters. The Labute approximate surface area is 122 Å². The van der Waals surface area contributed by atoms with Gasteiger partial charge in [0.25, 0.3) is 0 Å². The second-order valence-corrected chi connectivity index (χ2v) is 5.11. The zero-order valence-electron chi connectivity index (χ0n) is 12.4. The maximum absolute atomic E-state index is 2.32. The van der Waals surface area contributed by atoms with E-state index in [0.717, 1.165) is 6.54 Å². The molecule has 0 saturated carbocycles. The first-order valence-electron chi connectivity index (χ1n) is 7.36. The summed E-state index contributed by atoms with van der Waals surface area (Å²) in [6, 6.07) is 19.2. The smallest absolute Gasteiger partial charge is 0.0406 e. The molecule has 2 aromatic carbocycles. The Kier molecular flexibility index (Phi) is 5.43. The quantitative estimate of drug-likeness (QED) is 0.687. The number of hydrogen-bond donors (Lipinski definition) is 0. The molecule has 20 heavy (non-hydrogen) atoms. The van der Waals surface area contributed by atoms with Gasteiger partial charge in [0, 0.05) is 18.4 Å². The van der Waals surface area contributed by atoms with Crippen LogP contribution in [-0.4, -0.2) is 6.54 Å².